The number of rotatable bonds is 15. The SMILES string of the molecule is O=C(CCCC[C@@H]1SC[C@@H]2NC(=O)N[C@@H]21)NCCCCCOC(=O)c1ccccc1P(c1ccccc1)c1ccccc1. The van der Waals surface area contributed by atoms with Crippen molar-refractivity contribution in [2.24, 2.45) is 0 Å². The Hall–Kier alpha value is -3.35. The van der Waals surface area contributed by atoms with E-state index >= 15 is 0 Å². The highest BCUT2D eigenvalue weighted by atomic mass is 32.2. The molecule has 5 rings (SSSR count). The first kappa shape index (κ1) is 31.1. The number of carbonyl (C=O) groups is 3. The Morgan fingerprint density at radius 3 is 2.28 bits per heavy atom. The molecule has 0 spiro atoms. The van der Waals surface area contributed by atoms with Gasteiger partial charge in [-0.2, -0.15) is 11.8 Å². The molecule has 7 nitrogen and oxygen atoms in total. The molecule has 2 heterocycles. The van der Waals surface area contributed by atoms with E-state index in [1.807, 2.05) is 72.4 Å². The van der Waals surface area contributed by atoms with E-state index in [9.17, 15) is 14.4 Å². The number of amides is 3. The monoisotopic (exact) mass is 617 g/mol. The van der Waals surface area contributed by atoms with Gasteiger partial charge >= 0.3 is 12.0 Å². The molecule has 226 valence electrons. The van der Waals surface area contributed by atoms with Gasteiger partial charge in [-0.25, -0.2) is 9.59 Å². The molecule has 2 saturated heterocycles. The summed E-state index contributed by atoms with van der Waals surface area (Å²) < 4.78 is 5.71. The summed E-state index contributed by atoms with van der Waals surface area (Å²) in [5.74, 6) is 0.760. The summed E-state index contributed by atoms with van der Waals surface area (Å²) in [4.78, 5) is 36.9. The zero-order valence-electron chi connectivity index (χ0n) is 24.4. The second-order valence-electron chi connectivity index (χ2n) is 10.9. The van der Waals surface area contributed by atoms with Gasteiger partial charge in [-0.1, -0.05) is 85.3 Å². The summed E-state index contributed by atoms with van der Waals surface area (Å²) in [5.41, 5.74) is 0.615. The Bertz CT molecular complexity index is 1320. The molecular weight excluding hydrogens is 577 g/mol. The van der Waals surface area contributed by atoms with Crippen molar-refractivity contribution in [3.63, 3.8) is 0 Å². The number of nitrogens with one attached hydrogen (secondary N) is 3. The van der Waals surface area contributed by atoms with E-state index in [0.717, 1.165) is 49.6 Å². The van der Waals surface area contributed by atoms with E-state index in [2.05, 4.69) is 40.2 Å². The van der Waals surface area contributed by atoms with Crippen molar-refractivity contribution in [1.29, 1.82) is 0 Å². The topological polar surface area (TPSA) is 96.5 Å². The average molecular weight is 618 g/mol. The molecule has 3 aromatic carbocycles. The van der Waals surface area contributed by atoms with Gasteiger partial charge in [0, 0.05) is 24.0 Å². The minimum absolute atomic E-state index is 0.0558. The standard InChI is InChI=1S/C34H40N3O4PS/c38-31(21-11-10-20-30-32-28(24-43-30)36-34(40)37-32)35-22-12-3-13-23-41-33(39)27-18-8-9-19-29(27)42(25-14-4-1-5-15-25)26-16-6-2-7-17-26/h1-2,4-9,14-19,28,30,32H,3,10-13,20-24H2,(H,35,38)(H2,36,37,40)/t28-,30-,32-/m0/s1. The number of ether oxygens (including phenoxy) is 1. The Balaban J connectivity index is 0.995. The molecule has 2 fully saturated rings. The second-order valence-corrected chi connectivity index (χ2v) is 14.4. The van der Waals surface area contributed by atoms with Crippen LogP contribution in [-0.4, -0.2) is 54.1 Å². The minimum Gasteiger partial charge on any atom is -0.462 e. The van der Waals surface area contributed by atoms with Crippen molar-refractivity contribution in [2.45, 2.75) is 62.3 Å². The molecule has 43 heavy (non-hydrogen) atoms. The van der Waals surface area contributed by atoms with Crippen molar-refractivity contribution in [2.75, 3.05) is 18.9 Å². The summed E-state index contributed by atoms with van der Waals surface area (Å²) in [6.07, 6.45) is 5.86. The number of fused-ring (bicyclic) bond motifs is 1. The third kappa shape index (κ3) is 8.61. The molecule has 0 aliphatic carbocycles. The molecule has 3 aromatic rings. The number of hydrogen-bond acceptors (Lipinski definition) is 5. The first-order chi connectivity index (χ1) is 21.1. The van der Waals surface area contributed by atoms with Crippen molar-refractivity contribution >= 4 is 53.5 Å². The highest BCUT2D eigenvalue weighted by molar-refractivity contribution is 8.00. The van der Waals surface area contributed by atoms with E-state index in [0.29, 0.717) is 30.4 Å². The lowest BCUT2D eigenvalue weighted by Gasteiger charge is -2.21. The van der Waals surface area contributed by atoms with Crippen LogP contribution in [0, 0.1) is 0 Å². The predicted molar refractivity (Wildman–Crippen MR) is 176 cm³/mol. The Labute approximate surface area is 259 Å². The van der Waals surface area contributed by atoms with E-state index in [4.69, 9.17) is 4.74 Å². The van der Waals surface area contributed by atoms with Crippen LogP contribution in [0.3, 0.4) is 0 Å². The third-order valence-corrected chi connectivity index (χ3v) is 11.9. The van der Waals surface area contributed by atoms with Gasteiger partial charge in [0.25, 0.3) is 0 Å². The fraction of sp³-hybridized carbons (Fsp3) is 0.382. The zero-order chi connectivity index (χ0) is 29.9. The van der Waals surface area contributed by atoms with Crippen molar-refractivity contribution in [3.8, 4) is 0 Å². The smallest absolute Gasteiger partial charge is 0.338 e. The number of benzene rings is 3. The number of unbranched alkanes of at least 4 members (excludes halogenated alkanes) is 3. The van der Waals surface area contributed by atoms with E-state index in [1.165, 1.54) is 10.6 Å². The van der Waals surface area contributed by atoms with Gasteiger partial charge in [-0.3, -0.25) is 4.79 Å². The number of esters is 1. The summed E-state index contributed by atoms with van der Waals surface area (Å²) >= 11 is 1.91. The van der Waals surface area contributed by atoms with Crippen LogP contribution in [0.1, 0.15) is 55.3 Å². The predicted octanol–water partition coefficient (Wildman–Crippen LogP) is 4.61. The second kappa shape index (κ2) is 15.9. The quantitative estimate of drug-likeness (QED) is 0.100. The Morgan fingerprint density at radius 1 is 0.837 bits per heavy atom. The van der Waals surface area contributed by atoms with Gasteiger partial charge in [0.15, 0.2) is 0 Å². The molecule has 3 atom stereocenters. The molecule has 0 aromatic heterocycles. The van der Waals surface area contributed by atoms with Crippen LogP contribution >= 0.6 is 19.7 Å². The Kier molecular flexibility index (Phi) is 11.5. The number of hydrogen-bond donors (Lipinski definition) is 3. The van der Waals surface area contributed by atoms with Gasteiger partial charge in [0.1, 0.15) is 0 Å². The van der Waals surface area contributed by atoms with Crippen molar-refractivity contribution in [3.05, 3.63) is 90.5 Å². The molecule has 3 amide bonds. The van der Waals surface area contributed by atoms with Gasteiger partial charge in [0.05, 0.1) is 24.3 Å². The molecule has 2 aliphatic rings. The van der Waals surface area contributed by atoms with Crippen LogP contribution < -0.4 is 31.9 Å². The largest absolute Gasteiger partial charge is 0.462 e. The van der Waals surface area contributed by atoms with Gasteiger partial charge in [0.2, 0.25) is 5.91 Å². The van der Waals surface area contributed by atoms with Crippen LogP contribution in [0.15, 0.2) is 84.9 Å². The molecule has 0 saturated carbocycles. The molecule has 0 unspecified atom stereocenters. The zero-order valence-corrected chi connectivity index (χ0v) is 26.1. The lowest BCUT2D eigenvalue weighted by atomic mass is 10.0. The number of urea groups is 1. The Morgan fingerprint density at radius 2 is 1.53 bits per heavy atom. The van der Waals surface area contributed by atoms with E-state index < -0.39 is 7.92 Å². The molecular formula is C34H40N3O4PS. The van der Waals surface area contributed by atoms with Crippen LogP contribution in [0.25, 0.3) is 0 Å². The van der Waals surface area contributed by atoms with Crippen molar-refractivity contribution in [1.82, 2.24) is 16.0 Å². The lowest BCUT2D eigenvalue weighted by Crippen LogP contribution is -2.36. The summed E-state index contributed by atoms with van der Waals surface area (Å²) in [7, 11) is -0.904. The van der Waals surface area contributed by atoms with E-state index in [-0.39, 0.29) is 30.0 Å². The maximum absolute atomic E-state index is 13.2. The lowest BCUT2D eigenvalue weighted by molar-refractivity contribution is -0.121. The third-order valence-electron chi connectivity index (χ3n) is 7.85. The summed E-state index contributed by atoms with van der Waals surface area (Å²) in [6.45, 7) is 0.987. The number of thioether (sulfide) groups is 1. The van der Waals surface area contributed by atoms with E-state index in [1.54, 1.807) is 0 Å². The molecule has 0 radical (unpaired) electrons. The number of carbonyl (C=O) groups excluding carboxylic acids is 3. The normalized spacial score (nSPS) is 19.0. The van der Waals surface area contributed by atoms with Crippen LogP contribution in [0.5, 0.6) is 0 Å². The fourth-order valence-corrected chi connectivity index (χ4v) is 9.64. The van der Waals surface area contributed by atoms with Crippen LogP contribution in [0.4, 0.5) is 4.79 Å². The molecule has 9 heteroatoms. The van der Waals surface area contributed by atoms with Gasteiger partial charge in [-0.15, -0.1) is 0 Å². The summed E-state index contributed by atoms with van der Waals surface area (Å²) in [5, 5.41) is 12.8. The average Bonchev–Trinajstić information content (AvgIpc) is 3.59. The van der Waals surface area contributed by atoms with Gasteiger partial charge < -0.3 is 20.7 Å². The maximum Gasteiger partial charge on any atom is 0.338 e. The van der Waals surface area contributed by atoms with Crippen molar-refractivity contribution < 1.29 is 19.1 Å². The highest BCUT2D eigenvalue weighted by Gasteiger charge is 2.42. The summed E-state index contributed by atoms with van der Waals surface area (Å²) in [6, 6.07) is 28.9. The minimum atomic E-state index is -0.904. The highest BCUT2D eigenvalue weighted by Crippen LogP contribution is 2.34. The maximum atomic E-state index is 13.2. The first-order valence-electron chi connectivity index (χ1n) is 15.2. The first-order valence-corrected chi connectivity index (χ1v) is 17.6. The van der Waals surface area contributed by atoms with Gasteiger partial charge in [-0.05, 0) is 62.0 Å². The molecule has 0 bridgehead atoms. The molecule has 3 N–H and O–H groups in total. The molecule has 2 aliphatic heterocycles. The van der Waals surface area contributed by atoms with Crippen LogP contribution in [-0.2, 0) is 9.53 Å². The van der Waals surface area contributed by atoms with Crippen LogP contribution in [0.2, 0.25) is 0 Å². The fourth-order valence-electron chi connectivity index (χ4n) is 5.66.